The Bertz CT molecular complexity index is 596. The van der Waals surface area contributed by atoms with Crippen molar-refractivity contribution >= 4 is 15.5 Å². The summed E-state index contributed by atoms with van der Waals surface area (Å²) < 4.78 is 22.9. The lowest BCUT2D eigenvalue weighted by Crippen LogP contribution is -2.25. The fourth-order valence-corrected chi connectivity index (χ4v) is 2.73. The SMILES string of the molecule is CC(C)CC(N)Cc1ccc(S(C)(=O)=O)cc1[N+](=O)[O-]. The van der Waals surface area contributed by atoms with Crippen molar-refractivity contribution in [1.29, 1.82) is 0 Å². The number of rotatable bonds is 6. The third-order valence-electron chi connectivity index (χ3n) is 2.94. The maximum absolute atomic E-state index is 11.4. The van der Waals surface area contributed by atoms with E-state index < -0.39 is 14.8 Å². The highest BCUT2D eigenvalue weighted by Crippen LogP contribution is 2.24. The summed E-state index contributed by atoms with van der Waals surface area (Å²) in [6, 6.07) is 3.79. The first-order valence-electron chi connectivity index (χ1n) is 6.34. The fraction of sp³-hybridized carbons (Fsp3) is 0.538. The molecule has 0 fully saturated rings. The van der Waals surface area contributed by atoms with Crippen molar-refractivity contribution in [3.05, 3.63) is 33.9 Å². The Morgan fingerprint density at radius 2 is 1.95 bits per heavy atom. The summed E-state index contributed by atoms with van der Waals surface area (Å²) in [4.78, 5) is 10.5. The number of nitro benzene ring substituents is 1. The van der Waals surface area contributed by atoms with Crippen molar-refractivity contribution in [2.75, 3.05) is 6.26 Å². The van der Waals surface area contributed by atoms with Crippen molar-refractivity contribution in [3.8, 4) is 0 Å². The number of nitro groups is 1. The molecule has 1 unspecified atom stereocenters. The van der Waals surface area contributed by atoms with Crippen molar-refractivity contribution in [2.24, 2.45) is 11.7 Å². The molecule has 1 atom stereocenters. The van der Waals surface area contributed by atoms with E-state index in [4.69, 9.17) is 5.73 Å². The summed E-state index contributed by atoms with van der Waals surface area (Å²) in [6.45, 7) is 4.06. The highest BCUT2D eigenvalue weighted by molar-refractivity contribution is 7.90. The van der Waals surface area contributed by atoms with Crippen LogP contribution >= 0.6 is 0 Å². The maximum Gasteiger partial charge on any atom is 0.273 e. The van der Waals surface area contributed by atoms with Gasteiger partial charge in [-0.1, -0.05) is 19.9 Å². The van der Waals surface area contributed by atoms with Gasteiger partial charge in [-0.15, -0.1) is 0 Å². The molecule has 1 rings (SSSR count). The molecule has 0 aliphatic rings. The summed E-state index contributed by atoms with van der Waals surface area (Å²) in [5.41, 5.74) is 6.24. The molecule has 7 heteroatoms. The fourth-order valence-electron chi connectivity index (χ4n) is 2.09. The molecule has 1 aromatic carbocycles. The molecule has 0 amide bonds. The van der Waals surface area contributed by atoms with E-state index in [0.29, 0.717) is 17.9 Å². The molecule has 112 valence electrons. The Morgan fingerprint density at radius 3 is 2.40 bits per heavy atom. The van der Waals surface area contributed by atoms with Crippen LogP contribution in [0.15, 0.2) is 23.1 Å². The van der Waals surface area contributed by atoms with Crippen molar-refractivity contribution in [3.63, 3.8) is 0 Å². The second-order valence-corrected chi connectivity index (χ2v) is 7.43. The Labute approximate surface area is 119 Å². The van der Waals surface area contributed by atoms with Crippen LogP contribution in [0.25, 0.3) is 0 Å². The molecule has 0 saturated carbocycles. The van der Waals surface area contributed by atoms with E-state index in [2.05, 4.69) is 0 Å². The van der Waals surface area contributed by atoms with Gasteiger partial charge in [0.1, 0.15) is 0 Å². The molecular formula is C13H20N2O4S. The van der Waals surface area contributed by atoms with Crippen LogP contribution in [-0.4, -0.2) is 25.6 Å². The number of hydrogen-bond acceptors (Lipinski definition) is 5. The van der Waals surface area contributed by atoms with Crippen LogP contribution in [0.3, 0.4) is 0 Å². The first-order chi connectivity index (χ1) is 9.11. The average molecular weight is 300 g/mol. The highest BCUT2D eigenvalue weighted by atomic mass is 32.2. The van der Waals surface area contributed by atoms with Crippen LogP contribution in [-0.2, 0) is 16.3 Å². The monoisotopic (exact) mass is 300 g/mol. The zero-order valence-corrected chi connectivity index (χ0v) is 12.7. The van der Waals surface area contributed by atoms with Gasteiger partial charge >= 0.3 is 0 Å². The van der Waals surface area contributed by atoms with E-state index >= 15 is 0 Å². The first kappa shape index (κ1) is 16.6. The molecule has 0 heterocycles. The van der Waals surface area contributed by atoms with Crippen LogP contribution in [0.1, 0.15) is 25.8 Å². The van der Waals surface area contributed by atoms with Gasteiger partial charge in [0.25, 0.3) is 5.69 Å². The largest absolute Gasteiger partial charge is 0.327 e. The van der Waals surface area contributed by atoms with E-state index in [-0.39, 0.29) is 16.6 Å². The molecule has 0 aliphatic heterocycles. The standard InChI is InChI=1S/C13H20N2O4S/c1-9(2)6-11(14)7-10-4-5-12(20(3,18)19)8-13(10)15(16)17/h4-5,8-9,11H,6-7,14H2,1-3H3. The maximum atomic E-state index is 11.4. The van der Waals surface area contributed by atoms with Crippen LogP contribution in [0.2, 0.25) is 0 Å². The predicted octanol–water partition coefficient (Wildman–Crippen LogP) is 1.91. The van der Waals surface area contributed by atoms with Crippen molar-refractivity contribution in [2.45, 2.75) is 37.6 Å². The van der Waals surface area contributed by atoms with Gasteiger partial charge in [0.15, 0.2) is 9.84 Å². The van der Waals surface area contributed by atoms with E-state index in [1.807, 2.05) is 13.8 Å². The van der Waals surface area contributed by atoms with Gasteiger partial charge in [0.05, 0.1) is 9.82 Å². The number of hydrogen-bond donors (Lipinski definition) is 1. The summed E-state index contributed by atoms with van der Waals surface area (Å²) >= 11 is 0. The van der Waals surface area contributed by atoms with Gasteiger partial charge in [-0.2, -0.15) is 0 Å². The molecule has 0 aliphatic carbocycles. The first-order valence-corrected chi connectivity index (χ1v) is 8.23. The average Bonchev–Trinajstić information content (AvgIpc) is 2.26. The second-order valence-electron chi connectivity index (χ2n) is 5.41. The van der Waals surface area contributed by atoms with E-state index in [1.54, 1.807) is 0 Å². The van der Waals surface area contributed by atoms with Gasteiger partial charge < -0.3 is 5.73 Å². The summed E-state index contributed by atoms with van der Waals surface area (Å²) in [5, 5.41) is 11.1. The van der Waals surface area contributed by atoms with E-state index in [0.717, 1.165) is 18.7 Å². The second kappa shape index (κ2) is 6.32. The zero-order chi connectivity index (χ0) is 15.5. The molecule has 0 bridgehead atoms. The topological polar surface area (TPSA) is 103 Å². The molecule has 20 heavy (non-hydrogen) atoms. The highest BCUT2D eigenvalue weighted by Gasteiger charge is 2.20. The molecule has 0 aromatic heterocycles. The summed E-state index contributed by atoms with van der Waals surface area (Å²) in [6.07, 6.45) is 2.14. The third-order valence-corrected chi connectivity index (χ3v) is 4.05. The molecule has 2 N–H and O–H groups in total. The molecule has 0 radical (unpaired) electrons. The number of nitrogens with two attached hydrogens (primary N) is 1. The Hall–Kier alpha value is -1.47. The molecule has 0 spiro atoms. The Balaban J connectivity index is 3.12. The predicted molar refractivity (Wildman–Crippen MR) is 77.3 cm³/mol. The molecular weight excluding hydrogens is 280 g/mol. The van der Waals surface area contributed by atoms with Crippen molar-refractivity contribution < 1.29 is 13.3 Å². The quantitative estimate of drug-likeness (QED) is 0.638. The normalized spacial score (nSPS) is 13.4. The van der Waals surface area contributed by atoms with Gasteiger partial charge in [-0.25, -0.2) is 8.42 Å². The van der Waals surface area contributed by atoms with Gasteiger partial charge in [0, 0.05) is 23.9 Å². The molecule has 1 aromatic rings. The lowest BCUT2D eigenvalue weighted by atomic mass is 9.97. The van der Waals surface area contributed by atoms with Crippen LogP contribution < -0.4 is 5.73 Å². The van der Waals surface area contributed by atoms with Gasteiger partial charge in [-0.05, 0) is 24.8 Å². The summed E-state index contributed by atoms with van der Waals surface area (Å²) in [7, 11) is -3.46. The smallest absolute Gasteiger partial charge is 0.273 e. The number of benzene rings is 1. The minimum Gasteiger partial charge on any atom is -0.327 e. The minimum atomic E-state index is -3.46. The zero-order valence-electron chi connectivity index (χ0n) is 11.9. The number of nitrogens with zero attached hydrogens (tertiary/aromatic N) is 1. The van der Waals surface area contributed by atoms with Crippen molar-refractivity contribution in [1.82, 2.24) is 0 Å². The lowest BCUT2D eigenvalue weighted by Gasteiger charge is -2.14. The number of sulfone groups is 1. The van der Waals surface area contributed by atoms with E-state index in [9.17, 15) is 18.5 Å². The molecule has 6 nitrogen and oxygen atoms in total. The van der Waals surface area contributed by atoms with Crippen LogP contribution in [0, 0.1) is 16.0 Å². The van der Waals surface area contributed by atoms with E-state index in [1.165, 1.54) is 12.1 Å². The third kappa shape index (κ3) is 4.57. The Kier molecular flexibility index (Phi) is 5.24. The van der Waals surface area contributed by atoms with Gasteiger partial charge in [0.2, 0.25) is 0 Å². The van der Waals surface area contributed by atoms with Crippen LogP contribution in [0.4, 0.5) is 5.69 Å². The van der Waals surface area contributed by atoms with Gasteiger partial charge in [-0.3, -0.25) is 10.1 Å². The minimum absolute atomic E-state index is 0.0506. The lowest BCUT2D eigenvalue weighted by molar-refractivity contribution is -0.385. The van der Waals surface area contributed by atoms with Crippen LogP contribution in [0.5, 0.6) is 0 Å². The molecule has 0 saturated heterocycles. The summed E-state index contributed by atoms with van der Waals surface area (Å²) in [5.74, 6) is 0.402. The Morgan fingerprint density at radius 1 is 1.35 bits per heavy atom.